The van der Waals surface area contributed by atoms with Crippen LogP contribution in [0.1, 0.15) is 33.3 Å². The van der Waals surface area contributed by atoms with Crippen molar-refractivity contribution in [3.05, 3.63) is 23.8 Å². The number of aliphatic hydroxyl groups is 1. The molecule has 1 aromatic carbocycles. The van der Waals surface area contributed by atoms with Gasteiger partial charge in [0.25, 0.3) is 0 Å². The number of hydrogen-bond donors (Lipinski definition) is 1. The van der Waals surface area contributed by atoms with Crippen molar-refractivity contribution in [2.45, 2.75) is 39.2 Å². The lowest BCUT2D eigenvalue weighted by molar-refractivity contribution is 0.121. The van der Waals surface area contributed by atoms with E-state index in [0.717, 1.165) is 17.1 Å². The highest BCUT2D eigenvalue weighted by atomic mass is 16.5. The van der Waals surface area contributed by atoms with Crippen molar-refractivity contribution < 1.29 is 14.6 Å². The predicted octanol–water partition coefficient (Wildman–Crippen LogP) is 2.75. The first-order chi connectivity index (χ1) is 7.84. The van der Waals surface area contributed by atoms with Gasteiger partial charge in [-0.3, -0.25) is 0 Å². The minimum Gasteiger partial charge on any atom is -0.497 e. The first-order valence-electron chi connectivity index (χ1n) is 5.84. The monoisotopic (exact) mass is 238 g/mol. The summed E-state index contributed by atoms with van der Waals surface area (Å²) in [5, 5.41) is 9.26. The molecule has 17 heavy (non-hydrogen) atoms. The molecule has 0 amide bonds. The molecule has 1 rings (SSSR count). The van der Waals surface area contributed by atoms with Gasteiger partial charge in [0.15, 0.2) is 0 Å². The van der Waals surface area contributed by atoms with Gasteiger partial charge in [-0.15, -0.1) is 0 Å². The number of rotatable bonds is 4. The maximum atomic E-state index is 9.26. The van der Waals surface area contributed by atoms with Crippen LogP contribution in [-0.2, 0) is 5.41 Å². The van der Waals surface area contributed by atoms with Crippen molar-refractivity contribution in [2.24, 2.45) is 0 Å². The van der Waals surface area contributed by atoms with Crippen LogP contribution in [0.15, 0.2) is 18.2 Å². The zero-order chi connectivity index (χ0) is 13.1. The Balaban J connectivity index is 3.03. The zero-order valence-electron chi connectivity index (χ0n) is 11.3. The summed E-state index contributed by atoms with van der Waals surface area (Å²) >= 11 is 0. The van der Waals surface area contributed by atoms with Gasteiger partial charge in [0.2, 0.25) is 0 Å². The van der Waals surface area contributed by atoms with Crippen LogP contribution in [0.4, 0.5) is 0 Å². The first-order valence-corrected chi connectivity index (χ1v) is 5.84. The van der Waals surface area contributed by atoms with Crippen molar-refractivity contribution in [1.29, 1.82) is 0 Å². The Labute approximate surface area is 103 Å². The Morgan fingerprint density at radius 3 is 2.41 bits per heavy atom. The summed E-state index contributed by atoms with van der Waals surface area (Å²) in [5.74, 6) is 1.62. The molecular weight excluding hydrogens is 216 g/mol. The predicted molar refractivity (Wildman–Crippen MR) is 68.9 cm³/mol. The highest BCUT2D eigenvalue weighted by Gasteiger charge is 2.20. The molecule has 1 aromatic rings. The van der Waals surface area contributed by atoms with E-state index in [1.165, 1.54) is 0 Å². The molecule has 1 atom stereocenters. The molecule has 0 fully saturated rings. The Hall–Kier alpha value is -1.22. The second-order valence-corrected chi connectivity index (χ2v) is 5.27. The van der Waals surface area contributed by atoms with Crippen LogP contribution >= 0.6 is 0 Å². The summed E-state index contributed by atoms with van der Waals surface area (Å²) in [7, 11) is 1.65. The standard InChI is InChI=1S/C14H22O3/c1-10(15)9-17-13-7-6-11(16-5)8-12(13)14(2,3)4/h6-8,10,15H,9H2,1-5H3. The van der Waals surface area contributed by atoms with Gasteiger partial charge in [0, 0.05) is 5.56 Å². The number of ether oxygens (including phenoxy) is 2. The van der Waals surface area contributed by atoms with Crippen LogP contribution in [0.5, 0.6) is 11.5 Å². The number of aliphatic hydroxyl groups excluding tert-OH is 1. The van der Waals surface area contributed by atoms with Crippen molar-refractivity contribution in [2.75, 3.05) is 13.7 Å². The van der Waals surface area contributed by atoms with Crippen LogP contribution in [0.3, 0.4) is 0 Å². The largest absolute Gasteiger partial charge is 0.497 e. The smallest absolute Gasteiger partial charge is 0.123 e. The van der Waals surface area contributed by atoms with Crippen molar-refractivity contribution in [1.82, 2.24) is 0 Å². The van der Waals surface area contributed by atoms with E-state index in [2.05, 4.69) is 20.8 Å². The molecule has 1 unspecified atom stereocenters. The SMILES string of the molecule is COc1ccc(OCC(C)O)c(C(C)(C)C)c1. The van der Waals surface area contributed by atoms with Crippen molar-refractivity contribution in [3.63, 3.8) is 0 Å². The van der Waals surface area contributed by atoms with Gasteiger partial charge < -0.3 is 14.6 Å². The molecule has 0 aliphatic rings. The van der Waals surface area contributed by atoms with E-state index in [1.807, 2.05) is 18.2 Å². The van der Waals surface area contributed by atoms with E-state index in [-0.39, 0.29) is 5.41 Å². The third-order valence-corrected chi connectivity index (χ3v) is 2.47. The third-order valence-electron chi connectivity index (χ3n) is 2.47. The van der Waals surface area contributed by atoms with Crippen LogP contribution in [0, 0.1) is 0 Å². The molecule has 3 heteroatoms. The summed E-state index contributed by atoms with van der Waals surface area (Å²) in [5.41, 5.74) is 1.06. The molecular formula is C14H22O3. The first kappa shape index (κ1) is 13.8. The molecule has 3 nitrogen and oxygen atoms in total. The molecule has 0 aliphatic heterocycles. The Morgan fingerprint density at radius 1 is 1.29 bits per heavy atom. The molecule has 0 radical (unpaired) electrons. The Kier molecular flexibility index (Phi) is 4.40. The fourth-order valence-corrected chi connectivity index (χ4v) is 1.56. The minimum absolute atomic E-state index is 0.0252. The normalized spacial score (nSPS) is 13.3. The lowest BCUT2D eigenvalue weighted by Gasteiger charge is -2.23. The van der Waals surface area contributed by atoms with Gasteiger partial charge in [-0.1, -0.05) is 20.8 Å². The fourth-order valence-electron chi connectivity index (χ4n) is 1.56. The minimum atomic E-state index is -0.468. The van der Waals surface area contributed by atoms with E-state index in [1.54, 1.807) is 14.0 Å². The summed E-state index contributed by atoms with van der Waals surface area (Å²) in [4.78, 5) is 0. The highest BCUT2D eigenvalue weighted by molar-refractivity contribution is 5.44. The van der Waals surface area contributed by atoms with E-state index >= 15 is 0 Å². The van der Waals surface area contributed by atoms with Gasteiger partial charge in [0.1, 0.15) is 18.1 Å². The molecule has 96 valence electrons. The van der Waals surface area contributed by atoms with Crippen molar-refractivity contribution >= 4 is 0 Å². The number of methoxy groups -OCH3 is 1. The molecule has 0 spiro atoms. The summed E-state index contributed by atoms with van der Waals surface area (Å²) in [6.45, 7) is 8.38. The maximum absolute atomic E-state index is 9.26. The molecule has 0 heterocycles. The van der Waals surface area contributed by atoms with Gasteiger partial charge in [-0.25, -0.2) is 0 Å². The molecule has 0 aromatic heterocycles. The number of benzene rings is 1. The van der Waals surface area contributed by atoms with Crippen LogP contribution in [0.25, 0.3) is 0 Å². The van der Waals surface area contributed by atoms with E-state index < -0.39 is 6.10 Å². The average molecular weight is 238 g/mol. The average Bonchev–Trinajstić information content (AvgIpc) is 2.24. The molecule has 0 bridgehead atoms. The molecule has 1 N–H and O–H groups in total. The van der Waals surface area contributed by atoms with Crippen LogP contribution in [-0.4, -0.2) is 24.9 Å². The summed E-state index contributed by atoms with van der Waals surface area (Å²) < 4.78 is 10.8. The van der Waals surface area contributed by atoms with Crippen LogP contribution in [0.2, 0.25) is 0 Å². The summed E-state index contributed by atoms with van der Waals surface area (Å²) in [6, 6.07) is 5.74. The lowest BCUT2D eigenvalue weighted by atomic mass is 9.86. The fraction of sp³-hybridized carbons (Fsp3) is 0.571. The maximum Gasteiger partial charge on any atom is 0.123 e. The van der Waals surface area contributed by atoms with E-state index in [4.69, 9.17) is 9.47 Å². The second-order valence-electron chi connectivity index (χ2n) is 5.27. The third kappa shape index (κ3) is 3.93. The van der Waals surface area contributed by atoms with Crippen molar-refractivity contribution in [3.8, 4) is 11.5 Å². The van der Waals surface area contributed by atoms with E-state index in [9.17, 15) is 5.11 Å². The molecule has 0 saturated carbocycles. The van der Waals surface area contributed by atoms with Crippen LogP contribution < -0.4 is 9.47 Å². The highest BCUT2D eigenvalue weighted by Crippen LogP contribution is 2.34. The Bertz CT molecular complexity index is 364. The van der Waals surface area contributed by atoms with E-state index in [0.29, 0.717) is 6.61 Å². The Morgan fingerprint density at radius 2 is 1.94 bits per heavy atom. The van der Waals surface area contributed by atoms with Gasteiger partial charge in [0.05, 0.1) is 13.2 Å². The second kappa shape index (κ2) is 5.41. The van der Waals surface area contributed by atoms with Gasteiger partial charge in [-0.05, 0) is 30.5 Å². The lowest BCUT2D eigenvalue weighted by Crippen LogP contribution is -2.17. The quantitative estimate of drug-likeness (QED) is 0.876. The molecule has 0 saturated heterocycles. The summed E-state index contributed by atoms with van der Waals surface area (Å²) in [6.07, 6.45) is -0.468. The molecule has 0 aliphatic carbocycles. The van der Waals surface area contributed by atoms with Gasteiger partial charge in [-0.2, -0.15) is 0 Å². The topological polar surface area (TPSA) is 38.7 Å². The number of hydrogen-bond acceptors (Lipinski definition) is 3. The van der Waals surface area contributed by atoms with Gasteiger partial charge >= 0.3 is 0 Å². The zero-order valence-corrected chi connectivity index (χ0v) is 11.3.